The van der Waals surface area contributed by atoms with Crippen molar-refractivity contribution in [3.63, 3.8) is 0 Å². The van der Waals surface area contributed by atoms with Gasteiger partial charge in [0.05, 0.1) is 4.92 Å². The standard InChI is InChI=1S/C11H11N3O2S/c12-6-8-5-9(1-2-11(8)14(15)16)13-10-3-4-17-7-10/h1-2,5,10,13H,3-4,7H2. The zero-order valence-corrected chi connectivity index (χ0v) is 9.87. The van der Waals surface area contributed by atoms with Gasteiger partial charge in [0.2, 0.25) is 0 Å². The van der Waals surface area contributed by atoms with Crippen molar-refractivity contribution >= 4 is 23.1 Å². The topological polar surface area (TPSA) is 79.0 Å². The van der Waals surface area contributed by atoms with Gasteiger partial charge in [-0.3, -0.25) is 10.1 Å². The second kappa shape index (κ2) is 5.06. The summed E-state index contributed by atoms with van der Waals surface area (Å²) in [6.45, 7) is 0. The molecule has 1 aromatic carbocycles. The Hall–Kier alpha value is -1.74. The highest BCUT2D eigenvalue weighted by molar-refractivity contribution is 7.99. The SMILES string of the molecule is N#Cc1cc(NC2CCSC2)ccc1[N+](=O)[O-]. The number of anilines is 1. The van der Waals surface area contributed by atoms with Crippen LogP contribution in [-0.4, -0.2) is 22.5 Å². The summed E-state index contributed by atoms with van der Waals surface area (Å²) in [6.07, 6.45) is 1.09. The quantitative estimate of drug-likeness (QED) is 0.657. The molecule has 1 atom stereocenters. The highest BCUT2D eigenvalue weighted by atomic mass is 32.2. The molecule has 6 heteroatoms. The Bertz CT molecular complexity index is 478. The summed E-state index contributed by atoms with van der Waals surface area (Å²) in [5, 5.41) is 22.8. The number of nitriles is 1. The summed E-state index contributed by atoms with van der Waals surface area (Å²) in [7, 11) is 0. The number of rotatable bonds is 3. The summed E-state index contributed by atoms with van der Waals surface area (Å²) in [5.74, 6) is 2.18. The number of hydrogen-bond donors (Lipinski definition) is 1. The van der Waals surface area contributed by atoms with Crippen LogP contribution in [0.1, 0.15) is 12.0 Å². The molecular weight excluding hydrogens is 238 g/mol. The van der Waals surface area contributed by atoms with Crippen LogP contribution in [0.2, 0.25) is 0 Å². The second-order valence-electron chi connectivity index (χ2n) is 3.81. The van der Waals surface area contributed by atoms with Gasteiger partial charge in [0.1, 0.15) is 11.6 Å². The smallest absolute Gasteiger partial charge is 0.287 e. The van der Waals surface area contributed by atoms with Crippen LogP contribution in [0, 0.1) is 21.4 Å². The van der Waals surface area contributed by atoms with Crippen molar-refractivity contribution in [2.45, 2.75) is 12.5 Å². The first-order chi connectivity index (χ1) is 8.20. The largest absolute Gasteiger partial charge is 0.381 e. The Morgan fingerprint density at radius 1 is 1.59 bits per heavy atom. The maximum absolute atomic E-state index is 10.7. The maximum Gasteiger partial charge on any atom is 0.287 e. The lowest BCUT2D eigenvalue weighted by Crippen LogP contribution is -2.18. The van der Waals surface area contributed by atoms with Crippen molar-refractivity contribution in [1.29, 1.82) is 5.26 Å². The Morgan fingerprint density at radius 2 is 2.41 bits per heavy atom. The fourth-order valence-electron chi connectivity index (χ4n) is 1.76. The zero-order valence-electron chi connectivity index (χ0n) is 9.05. The van der Waals surface area contributed by atoms with E-state index in [-0.39, 0.29) is 11.3 Å². The maximum atomic E-state index is 10.7. The summed E-state index contributed by atoms with van der Waals surface area (Å²) in [5.41, 5.74) is 0.740. The number of thioether (sulfide) groups is 1. The van der Waals surface area contributed by atoms with Gasteiger partial charge >= 0.3 is 0 Å². The number of nitrogens with zero attached hydrogens (tertiary/aromatic N) is 2. The van der Waals surface area contributed by atoms with Gasteiger partial charge in [-0.25, -0.2) is 0 Å². The molecule has 1 fully saturated rings. The molecule has 1 aliphatic rings. The van der Waals surface area contributed by atoms with E-state index in [1.165, 1.54) is 6.07 Å². The summed E-state index contributed by atoms with van der Waals surface area (Å²) in [4.78, 5) is 10.1. The average Bonchev–Trinajstić information content (AvgIpc) is 2.81. The van der Waals surface area contributed by atoms with Gasteiger partial charge in [0, 0.05) is 23.5 Å². The van der Waals surface area contributed by atoms with Crippen LogP contribution < -0.4 is 5.32 Å². The first kappa shape index (κ1) is 11.7. The van der Waals surface area contributed by atoms with Crippen molar-refractivity contribution in [2.24, 2.45) is 0 Å². The van der Waals surface area contributed by atoms with E-state index in [1.54, 1.807) is 12.1 Å². The minimum Gasteiger partial charge on any atom is -0.381 e. The first-order valence-corrected chi connectivity index (χ1v) is 6.39. The van der Waals surface area contributed by atoms with Crippen LogP contribution in [0.4, 0.5) is 11.4 Å². The third kappa shape index (κ3) is 2.68. The summed E-state index contributed by atoms with van der Waals surface area (Å²) >= 11 is 1.88. The molecule has 5 nitrogen and oxygen atoms in total. The monoisotopic (exact) mass is 249 g/mol. The fourth-order valence-corrected chi connectivity index (χ4v) is 2.91. The Balaban J connectivity index is 2.19. The molecule has 1 N–H and O–H groups in total. The van der Waals surface area contributed by atoms with Gasteiger partial charge in [-0.05, 0) is 24.3 Å². The zero-order chi connectivity index (χ0) is 12.3. The molecule has 1 saturated heterocycles. The van der Waals surface area contributed by atoms with E-state index < -0.39 is 4.92 Å². The molecule has 0 spiro atoms. The molecule has 0 amide bonds. The third-order valence-electron chi connectivity index (χ3n) is 2.61. The van der Waals surface area contributed by atoms with Gasteiger partial charge in [-0.15, -0.1) is 0 Å². The van der Waals surface area contributed by atoms with Gasteiger partial charge in [-0.2, -0.15) is 17.0 Å². The summed E-state index contributed by atoms with van der Waals surface area (Å²) in [6, 6.07) is 6.83. The lowest BCUT2D eigenvalue weighted by Gasteiger charge is -2.12. The number of hydrogen-bond acceptors (Lipinski definition) is 5. The van der Waals surface area contributed by atoms with Crippen LogP contribution in [0.5, 0.6) is 0 Å². The highest BCUT2D eigenvalue weighted by Gasteiger charge is 2.17. The average molecular weight is 249 g/mol. The van der Waals surface area contributed by atoms with Crippen molar-refractivity contribution in [3.8, 4) is 6.07 Å². The molecule has 88 valence electrons. The van der Waals surface area contributed by atoms with E-state index in [2.05, 4.69) is 5.32 Å². The number of nitro groups is 1. The second-order valence-corrected chi connectivity index (χ2v) is 4.96. The molecule has 0 radical (unpaired) electrons. The Morgan fingerprint density at radius 3 is 3.00 bits per heavy atom. The molecule has 0 aromatic heterocycles. The molecule has 1 unspecified atom stereocenters. The van der Waals surface area contributed by atoms with E-state index in [4.69, 9.17) is 5.26 Å². The molecule has 1 aromatic rings. The molecule has 1 heterocycles. The molecular formula is C11H11N3O2S. The third-order valence-corrected chi connectivity index (χ3v) is 3.78. The molecule has 0 saturated carbocycles. The minimum atomic E-state index is -0.534. The highest BCUT2D eigenvalue weighted by Crippen LogP contribution is 2.25. The normalized spacial score (nSPS) is 18.6. The Labute approximate surface area is 103 Å². The minimum absolute atomic E-state index is 0.102. The lowest BCUT2D eigenvalue weighted by atomic mass is 10.1. The van der Waals surface area contributed by atoms with Crippen molar-refractivity contribution in [3.05, 3.63) is 33.9 Å². The molecule has 0 aliphatic carbocycles. The van der Waals surface area contributed by atoms with Crippen LogP contribution >= 0.6 is 11.8 Å². The van der Waals surface area contributed by atoms with E-state index in [0.29, 0.717) is 6.04 Å². The first-order valence-electron chi connectivity index (χ1n) is 5.23. The van der Waals surface area contributed by atoms with Crippen LogP contribution in [-0.2, 0) is 0 Å². The van der Waals surface area contributed by atoms with E-state index in [0.717, 1.165) is 23.6 Å². The van der Waals surface area contributed by atoms with Crippen molar-refractivity contribution < 1.29 is 4.92 Å². The molecule has 17 heavy (non-hydrogen) atoms. The predicted octanol–water partition coefficient (Wildman–Crippen LogP) is 2.38. The van der Waals surface area contributed by atoms with Gasteiger partial charge in [0.25, 0.3) is 5.69 Å². The van der Waals surface area contributed by atoms with Gasteiger partial charge in [-0.1, -0.05) is 0 Å². The van der Waals surface area contributed by atoms with Gasteiger partial charge < -0.3 is 5.32 Å². The van der Waals surface area contributed by atoms with E-state index in [9.17, 15) is 10.1 Å². The van der Waals surface area contributed by atoms with E-state index in [1.807, 2.05) is 17.8 Å². The number of nitrogens with one attached hydrogen (secondary N) is 1. The molecule has 2 rings (SSSR count). The van der Waals surface area contributed by atoms with Crippen LogP contribution in [0.25, 0.3) is 0 Å². The fraction of sp³-hybridized carbons (Fsp3) is 0.364. The number of benzene rings is 1. The lowest BCUT2D eigenvalue weighted by molar-refractivity contribution is -0.385. The Kier molecular flexibility index (Phi) is 3.49. The number of nitro benzene ring substituents is 1. The summed E-state index contributed by atoms with van der Waals surface area (Å²) < 4.78 is 0. The van der Waals surface area contributed by atoms with E-state index >= 15 is 0 Å². The molecule has 0 bridgehead atoms. The van der Waals surface area contributed by atoms with Crippen molar-refractivity contribution in [2.75, 3.05) is 16.8 Å². The van der Waals surface area contributed by atoms with Gasteiger partial charge in [0.15, 0.2) is 0 Å². The predicted molar refractivity (Wildman–Crippen MR) is 67.2 cm³/mol. The van der Waals surface area contributed by atoms with Crippen LogP contribution in [0.3, 0.4) is 0 Å². The van der Waals surface area contributed by atoms with Crippen molar-refractivity contribution in [1.82, 2.24) is 0 Å². The molecule has 1 aliphatic heterocycles. The van der Waals surface area contributed by atoms with Crippen LogP contribution in [0.15, 0.2) is 18.2 Å².